The molecule has 4 aromatic heterocycles. The van der Waals surface area contributed by atoms with Gasteiger partial charge in [0.25, 0.3) is 0 Å². The average molecular weight is 671 g/mol. The predicted octanol–water partition coefficient (Wildman–Crippen LogP) is 12.2. The van der Waals surface area contributed by atoms with Gasteiger partial charge in [-0.25, -0.2) is 15.0 Å². The Morgan fingerprint density at radius 2 is 1.08 bits per heavy atom. The van der Waals surface area contributed by atoms with Gasteiger partial charge in [0.05, 0.1) is 11.0 Å². The van der Waals surface area contributed by atoms with E-state index in [1.54, 1.807) is 11.3 Å². The van der Waals surface area contributed by atoms with Gasteiger partial charge in [-0.15, -0.1) is 11.3 Å². The van der Waals surface area contributed by atoms with Gasteiger partial charge in [0.15, 0.2) is 17.5 Å². The van der Waals surface area contributed by atoms with E-state index in [0.29, 0.717) is 17.5 Å². The summed E-state index contributed by atoms with van der Waals surface area (Å²) in [5, 5.41) is 6.89. The highest BCUT2D eigenvalue weighted by molar-refractivity contribution is 7.26. The van der Waals surface area contributed by atoms with E-state index in [-0.39, 0.29) is 0 Å². The van der Waals surface area contributed by atoms with Gasteiger partial charge < -0.3 is 8.98 Å². The maximum Gasteiger partial charge on any atom is 0.165 e. The highest BCUT2D eigenvalue weighted by atomic mass is 32.1. The van der Waals surface area contributed by atoms with E-state index >= 15 is 0 Å². The van der Waals surface area contributed by atoms with Crippen molar-refractivity contribution in [1.82, 2.24) is 19.5 Å². The molecule has 0 N–H and O–H groups in total. The molecule has 11 aromatic rings. The van der Waals surface area contributed by atoms with Crippen LogP contribution in [0.25, 0.3) is 104 Å². The summed E-state index contributed by atoms with van der Waals surface area (Å²) < 4.78 is 11.2. The van der Waals surface area contributed by atoms with Crippen LogP contribution >= 0.6 is 11.3 Å². The van der Waals surface area contributed by atoms with Crippen molar-refractivity contribution < 1.29 is 4.42 Å². The first-order chi connectivity index (χ1) is 25.3. The molecule has 11 rings (SSSR count). The highest BCUT2D eigenvalue weighted by Crippen LogP contribution is 2.42. The molecule has 0 radical (unpaired) electrons. The van der Waals surface area contributed by atoms with Crippen LogP contribution in [0.2, 0.25) is 0 Å². The predicted molar refractivity (Wildman–Crippen MR) is 211 cm³/mol. The minimum Gasteiger partial charge on any atom is -0.456 e. The second kappa shape index (κ2) is 10.9. The topological polar surface area (TPSA) is 56.7 Å². The molecule has 51 heavy (non-hydrogen) atoms. The SMILES string of the molecule is c1ccc(-c2nc(-c3cccc4c3sc3ccccc34)nc(-c3cccc4oc5ccc(-n6c7ccccc7c7ccccc76)cc5c34)n2)cc1. The fourth-order valence-corrected chi connectivity index (χ4v) is 8.81. The van der Waals surface area contributed by atoms with Crippen LogP contribution in [0.15, 0.2) is 162 Å². The van der Waals surface area contributed by atoms with Gasteiger partial charge >= 0.3 is 0 Å². The largest absolute Gasteiger partial charge is 0.456 e. The van der Waals surface area contributed by atoms with Crippen LogP contribution in [0.5, 0.6) is 0 Å². The van der Waals surface area contributed by atoms with Crippen molar-refractivity contribution in [3.05, 3.63) is 158 Å². The number of furan rings is 1. The maximum atomic E-state index is 6.50. The Morgan fingerprint density at radius 1 is 0.451 bits per heavy atom. The van der Waals surface area contributed by atoms with E-state index in [0.717, 1.165) is 60.0 Å². The summed E-state index contributed by atoms with van der Waals surface area (Å²) in [6.07, 6.45) is 0. The van der Waals surface area contributed by atoms with Crippen LogP contribution in [0.1, 0.15) is 0 Å². The van der Waals surface area contributed by atoms with Crippen molar-refractivity contribution in [3.63, 3.8) is 0 Å². The summed E-state index contributed by atoms with van der Waals surface area (Å²) in [6.45, 7) is 0. The Labute approximate surface area is 295 Å². The van der Waals surface area contributed by atoms with E-state index in [9.17, 15) is 0 Å². The molecule has 0 amide bonds. The molecule has 0 saturated carbocycles. The lowest BCUT2D eigenvalue weighted by Gasteiger charge is -2.10. The van der Waals surface area contributed by atoms with Gasteiger partial charge in [0.1, 0.15) is 11.2 Å². The number of hydrogen-bond acceptors (Lipinski definition) is 5. The zero-order chi connectivity index (χ0) is 33.5. The third kappa shape index (κ3) is 4.30. The maximum absolute atomic E-state index is 6.50. The van der Waals surface area contributed by atoms with Crippen LogP contribution in [0, 0.1) is 0 Å². The van der Waals surface area contributed by atoms with Crippen molar-refractivity contribution in [3.8, 4) is 39.9 Å². The van der Waals surface area contributed by atoms with E-state index < -0.39 is 0 Å². The molecule has 0 fully saturated rings. The minimum atomic E-state index is 0.604. The number of benzene rings is 7. The first-order valence-corrected chi connectivity index (χ1v) is 17.8. The quantitative estimate of drug-likeness (QED) is 0.187. The van der Waals surface area contributed by atoms with Crippen molar-refractivity contribution >= 4 is 75.3 Å². The molecule has 7 aromatic carbocycles. The molecule has 0 spiro atoms. The third-order valence-corrected chi connectivity index (χ3v) is 11.1. The van der Waals surface area contributed by atoms with Gasteiger partial charge in [0.2, 0.25) is 0 Å². The molecule has 4 heterocycles. The number of rotatable bonds is 4. The summed E-state index contributed by atoms with van der Waals surface area (Å²) >= 11 is 1.78. The summed E-state index contributed by atoms with van der Waals surface area (Å²) in [6, 6.07) is 54.9. The molecular formula is C45H26N4OS. The molecule has 0 aliphatic rings. The van der Waals surface area contributed by atoms with Crippen molar-refractivity contribution in [2.24, 2.45) is 0 Å². The fraction of sp³-hybridized carbons (Fsp3) is 0. The lowest BCUT2D eigenvalue weighted by atomic mass is 10.0. The lowest BCUT2D eigenvalue weighted by Crippen LogP contribution is -2.00. The number of para-hydroxylation sites is 2. The monoisotopic (exact) mass is 670 g/mol. The zero-order valence-electron chi connectivity index (χ0n) is 27.1. The molecule has 0 aliphatic heterocycles. The van der Waals surface area contributed by atoms with Gasteiger partial charge in [-0.2, -0.15) is 0 Å². The summed E-state index contributed by atoms with van der Waals surface area (Å²) in [5.74, 6) is 1.88. The second-order valence-corrected chi connectivity index (χ2v) is 13.8. The van der Waals surface area contributed by atoms with Crippen LogP contribution in [-0.4, -0.2) is 19.5 Å². The highest BCUT2D eigenvalue weighted by Gasteiger charge is 2.21. The summed E-state index contributed by atoms with van der Waals surface area (Å²) in [7, 11) is 0. The first kappa shape index (κ1) is 28.2. The molecule has 0 saturated heterocycles. The van der Waals surface area contributed by atoms with Crippen molar-refractivity contribution in [2.45, 2.75) is 0 Å². The van der Waals surface area contributed by atoms with E-state index in [2.05, 4.69) is 132 Å². The smallest absolute Gasteiger partial charge is 0.165 e. The standard InChI is InChI=1S/C45H26N4OS/c1-2-12-27(13-3-1)43-46-44(48-45(47-43)34-19-10-17-32-31-16-6-9-23-40(31)51-42(32)34)33-18-11-22-39-41(33)35-26-28(24-25-38(35)50-39)49-36-20-7-4-14-29(36)30-15-5-8-21-37(30)49/h1-26H. The number of hydrogen-bond donors (Lipinski definition) is 0. The molecular weight excluding hydrogens is 645 g/mol. The van der Waals surface area contributed by atoms with E-state index in [1.807, 2.05) is 30.3 Å². The van der Waals surface area contributed by atoms with Gasteiger partial charge in [-0.3, -0.25) is 0 Å². The molecule has 6 heteroatoms. The Morgan fingerprint density at radius 3 is 1.88 bits per heavy atom. The number of nitrogens with zero attached hydrogens (tertiary/aromatic N) is 4. The van der Waals surface area contributed by atoms with Crippen molar-refractivity contribution in [1.29, 1.82) is 0 Å². The minimum absolute atomic E-state index is 0.604. The van der Waals surface area contributed by atoms with Crippen LogP contribution in [-0.2, 0) is 0 Å². The molecule has 0 atom stereocenters. The molecule has 0 unspecified atom stereocenters. The normalized spacial score (nSPS) is 11.9. The lowest BCUT2D eigenvalue weighted by molar-refractivity contribution is 0.669. The summed E-state index contributed by atoms with van der Waals surface area (Å²) in [5.41, 5.74) is 7.82. The Hall–Kier alpha value is -6.63. The Bertz CT molecular complexity index is 3100. The Balaban J connectivity index is 1.17. The zero-order valence-corrected chi connectivity index (χ0v) is 27.9. The van der Waals surface area contributed by atoms with Crippen molar-refractivity contribution in [2.75, 3.05) is 0 Å². The van der Waals surface area contributed by atoms with Crippen LogP contribution in [0.3, 0.4) is 0 Å². The molecule has 5 nitrogen and oxygen atoms in total. The fourth-order valence-electron chi connectivity index (χ4n) is 7.60. The Kier molecular flexibility index (Phi) is 6.05. The molecule has 0 bridgehead atoms. The van der Waals surface area contributed by atoms with E-state index in [1.165, 1.54) is 26.2 Å². The van der Waals surface area contributed by atoms with Gasteiger partial charge in [-0.1, -0.05) is 109 Å². The average Bonchev–Trinajstić information content (AvgIpc) is 3.87. The second-order valence-electron chi connectivity index (χ2n) is 12.8. The summed E-state index contributed by atoms with van der Waals surface area (Å²) in [4.78, 5) is 15.5. The third-order valence-electron chi connectivity index (χ3n) is 9.87. The number of thiophene rings is 1. The van der Waals surface area contributed by atoms with Crippen LogP contribution < -0.4 is 0 Å². The number of aromatic nitrogens is 4. The van der Waals surface area contributed by atoms with E-state index in [4.69, 9.17) is 19.4 Å². The van der Waals surface area contributed by atoms with Gasteiger partial charge in [0, 0.05) is 64.1 Å². The van der Waals surface area contributed by atoms with Gasteiger partial charge in [-0.05, 0) is 48.5 Å². The molecule has 0 aliphatic carbocycles. The first-order valence-electron chi connectivity index (χ1n) is 16.9. The van der Waals surface area contributed by atoms with Crippen LogP contribution in [0.4, 0.5) is 0 Å². The number of fused-ring (bicyclic) bond motifs is 9. The molecule has 238 valence electrons.